The molecule has 1 heterocycles. The summed E-state index contributed by atoms with van der Waals surface area (Å²) in [4.78, 5) is 4.96. The van der Waals surface area contributed by atoms with E-state index in [1.54, 1.807) is 0 Å². The fourth-order valence-electron chi connectivity index (χ4n) is 3.82. The number of rotatable bonds is 1. The molecule has 0 amide bonds. The van der Waals surface area contributed by atoms with Crippen molar-refractivity contribution >= 4 is 21.7 Å². The average molecular weight is 295 g/mol. The SMILES string of the molecule is c1ccc2cc(-c3cc4c5c(cccc5n3)CCC4)ccc2c1. The first-order chi connectivity index (χ1) is 11.4. The zero-order valence-electron chi connectivity index (χ0n) is 12.9. The fourth-order valence-corrected chi connectivity index (χ4v) is 3.82. The predicted octanol–water partition coefficient (Wildman–Crippen LogP) is 5.54. The van der Waals surface area contributed by atoms with Crippen LogP contribution in [0.2, 0.25) is 0 Å². The molecule has 1 nitrogen and oxygen atoms in total. The van der Waals surface area contributed by atoms with Gasteiger partial charge in [-0.25, -0.2) is 4.98 Å². The van der Waals surface area contributed by atoms with Crippen molar-refractivity contribution in [2.24, 2.45) is 0 Å². The van der Waals surface area contributed by atoms with Gasteiger partial charge in [-0.1, -0.05) is 48.5 Å². The van der Waals surface area contributed by atoms with Gasteiger partial charge in [0, 0.05) is 10.9 Å². The molecule has 3 aromatic carbocycles. The Bertz CT molecular complexity index is 1050. The standard InChI is InChI=1S/C22H17N/c1-2-6-17-13-18(12-11-15(17)5-1)21-14-19-9-3-7-16-8-4-10-20(23-21)22(16)19/h1-2,4-6,8,10-14H,3,7,9H2. The Morgan fingerprint density at radius 3 is 2.52 bits per heavy atom. The highest BCUT2D eigenvalue weighted by molar-refractivity contribution is 5.91. The maximum atomic E-state index is 4.96. The van der Waals surface area contributed by atoms with E-state index in [9.17, 15) is 0 Å². The van der Waals surface area contributed by atoms with Crippen molar-refractivity contribution in [3.63, 3.8) is 0 Å². The van der Waals surface area contributed by atoms with Crippen LogP contribution in [-0.2, 0) is 12.8 Å². The second-order valence-corrected chi connectivity index (χ2v) is 6.39. The summed E-state index contributed by atoms with van der Waals surface area (Å²) in [6.45, 7) is 0. The highest BCUT2D eigenvalue weighted by Gasteiger charge is 2.15. The van der Waals surface area contributed by atoms with Gasteiger partial charge in [-0.15, -0.1) is 0 Å². The summed E-state index contributed by atoms with van der Waals surface area (Å²) in [5.74, 6) is 0. The average Bonchev–Trinajstić information content (AvgIpc) is 2.62. The molecule has 0 fully saturated rings. The molecule has 0 saturated heterocycles. The second kappa shape index (κ2) is 4.92. The van der Waals surface area contributed by atoms with Gasteiger partial charge in [0.05, 0.1) is 11.2 Å². The number of fused-ring (bicyclic) bond motifs is 1. The first-order valence-electron chi connectivity index (χ1n) is 8.29. The van der Waals surface area contributed by atoms with Crippen molar-refractivity contribution in [2.45, 2.75) is 19.3 Å². The number of hydrogen-bond acceptors (Lipinski definition) is 1. The number of pyridine rings is 1. The van der Waals surface area contributed by atoms with E-state index >= 15 is 0 Å². The smallest absolute Gasteiger partial charge is 0.0715 e. The quantitative estimate of drug-likeness (QED) is 0.449. The van der Waals surface area contributed by atoms with Crippen molar-refractivity contribution in [1.29, 1.82) is 0 Å². The van der Waals surface area contributed by atoms with Crippen LogP contribution in [0.5, 0.6) is 0 Å². The van der Waals surface area contributed by atoms with Crippen molar-refractivity contribution in [1.82, 2.24) is 4.98 Å². The first kappa shape index (κ1) is 12.8. The zero-order chi connectivity index (χ0) is 15.2. The number of aromatic nitrogens is 1. The maximum Gasteiger partial charge on any atom is 0.0715 e. The molecule has 0 saturated carbocycles. The summed E-state index contributed by atoms with van der Waals surface area (Å²) in [6, 6.07) is 24.0. The van der Waals surface area contributed by atoms with Crippen LogP contribution >= 0.6 is 0 Å². The van der Waals surface area contributed by atoms with Crippen LogP contribution in [0.25, 0.3) is 32.9 Å². The number of benzene rings is 3. The summed E-state index contributed by atoms with van der Waals surface area (Å²) >= 11 is 0. The number of aryl methyl sites for hydroxylation is 2. The van der Waals surface area contributed by atoms with Crippen molar-refractivity contribution < 1.29 is 0 Å². The molecule has 0 bridgehead atoms. The Morgan fingerprint density at radius 2 is 1.57 bits per heavy atom. The van der Waals surface area contributed by atoms with Gasteiger partial charge in [0.25, 0.3) is 0 Å². The minimum Gasteiger partial charge on any atom is -0.248 e. The molecule has 1 aromatic heterocycles. The van der Waals surface area contributed by atoms with Gasteiger partial charge in [-0.2, -0.15) is 0 Å². The minimum atomic E-state index is 1.09. The summed E-state index contributed by atoms with van der Waals surface area (Å²) < 4.78 is 0. The highest BCUT2D eigenvalue weighted by Crippen LogP contribution is 2.32. The Balaban J connectivity index is 1.76. The van der Waals surface area contributed by atoms with Gasteiger partial charge < -0.3 is 0 Å². The molecule has 110 valence electrons. The van der Waals surface area contributed by atoms with Gasteiger partial charge in [0.2, 0.25) is 0 Å². The molecule has 1 aliphatic rings. The lowest BCUT2D eigenvalue weighted by atomic mass is 9.89. The topological polar surface area (TPSA) is 12.9 Å². The van der Waals surface area contributed by atoms with Crippen LogP contribution in [0.3, 0.4) is 0 Å². The molecule has 5 rings (SSSR count). The van der Waals surface area contributed by atoms with Crippen molar-refractivity contribution in [3.05, 3.63) is 77.9 Å². The summed E-state index contributed by atoms with van der Waals surface area (Å²) in [7, 11) is 0. The predicted molar refractivity (Wildman–Crippen MR) is 96.7 cm³/mol. The first-order valence-corrected chi connectivity index (χ1v) is 8.29. The van der Waals surface area contributed by atoms with E-state index in [-0.39, 0.29) is 0 Å². The van der Waals surface area contributed by atoms with Gasteiger partial charge in [-0.3, -0.25) is 0 Å². The molecule has 0 atom stereocenters. The van der Waals surface area contributed by atoms with Crippen molar-refractivity contribution in [3.8, 4) is 11.3 Å². The third-order valence-corrected chi connectivity index (χ3v) is 4.94. The van der Waals surface area contributed by atoms with Gasteiger partial charge in [0.1, 0.15) is 0 Å². The Labute approximate surface area is 135 Å². The van der Waals surface area contributed by atoms with E-state index in [0.717, 1.165) is 17.6 Å². The highest BCUT2D eigenvalue weighted by atomic mass is 14.7. The van der Waals surface area contributed by atoms with Crippen LogP contribution in [0.4, 0.5) is 0 Å². The lowest BCUT2D eigenvalue weighted by Gasteiger charge is -2.18. The second-order valence-electron chi connectivity index (χ2n) is 6.39. The zero-order valence-corrected chi connectivity index (χ0v) is 12.9. The molecular weight excluding hydrogens is 278 g/mol. The molecule has 0 aliphatic heterocycles. The molecule has 4 aromatic rings. The van der Waals surface area contributed by atoms with E-state index < -0.39 is 0 Å². The monoisotopic (exact) mass is 295 g/mol. The third kappa shape index (κ3) is 2.04. The van der Waals surface area contributed by atoms with E-state index in [1.807, 2.05) is 0 Å². The fraction of sp³-hybridized carbons (Fsp3) is 0.136. The van der Waals surface area contributed by atoms with Crippen LogP contribution < -0.4 is 0 Å². The molecular formula is C22H17N. The lowest BCUT2D eigenvalue weighted by molar-refractivity contribution is 0.807. The van der Waals surface area contributed by atoms with Crippen LogP contribution in [0.1, 0.15) is 17.5 Å². The Kier molecular flexibility index (Phi) is 2.75. The molecule has 0 radical (unpaired) electrons. The molecule has 23 heavy (non-hydrogen) atoms. The van der Waals surface area contributed by atoms with Gasteiger partial charge in [-0.05, 0) is 59.4 Å². The largest absolute Gasteiger partial charge is 0.248 e. The van der Waals surface area contributed by atoms with Crippen LogP contribution in [0, 0.1) is 0 Å². The van der Waals surface area contributed by atoms with Crippen LogP contribution in [0.15, 0.2) is 66.7 Å². The third-order valence-electron chi connectivity index (χ3n) is 4.94. The number of nitrogens with zero attached hydrogens (tertiary/aromatic N) is 1. The Hall–Kier alpha value is -2.67. The lowest BCUT2D eigenvalue weighted by Crippen LogP contribution is -2.03. The van der Waals surface area contributed by atoms with E-state index in [1.165, 1.54) is 45.7 Å². The van der Waals surface area contributed by atoms with E-state index in [4.69, 9.17) is 4.98 Å². The van der Waals surface area contributed by atoms with Gasteiger partial charge >= 0.3 is 0 Å². The molecule has 1 aliphatic carbocycles. The van der Waals surface area contributed by atoms with Gasteiger partial charge in [0.15, 0.2) is 0 Å². The Morgan fingerprint density at radius 1 is 0.696 bits per heavy atom. The van der Waals surface area contributed by atoms with E-state index in [0.29, 0.717) is 0 Å². The summed E-state index contributed by atoms with van der Waals surface area (Å²) in [6.07, 6.45) is 3.59. The molecule has 0 unspecified atom stereocenters. The maximum absolute atomic E-state index is 4.96. The summed E-state index contributed by atoms with van der Waals surface area (Å²) in [5.41, 5.74) is 6.36. The van der Waals surface area contributed by atoms with Crippen molar-refractivity contribution in [2.75, 3.05) is 0 Å². The normalized spacial score (nSPS) is 13.6. The van der Waals surface area contributed by atoms with E-state index in [2.05, 4.69) is 66.7 Å². The number of hydrogen-bond donors (Lipinski definition) is 0. The minimum absolute atomic E-state index is 1.09. The van der Waals surface area contributed by atoms with Crippen LogP contribution in [-0.4, -0.2) is 4.98 Å². The summed E-state index contributed by atoms with van der Waals surface area (Å²) in [5, 5.41) is 3.94. The molecule has 0 N–H and O–H groups in total. The molecule has 1 heteroatoms. The molecule has 0 spiro atoms.